The van der Waals surface area contributed by atoms with Crippen LogP contribution in [0.5, 0.6) is 0 Å². The SMILES string of the molecule is COCCNC(=O)CCNc1cccnn1. The van der Waals surface area contributed by atoms with E-state index in [4.69, 9.17) is 4.74 Å². The van der Waals surface area contributed by atoms with Gasteiger partial charge in [0.1, 0.15) is 5.82 Å². The highest BCUT2D eigenvalue weighted by Crippen LogP contribution is 1.97. The molecule has 2 N–H and O–H groups in total. The topological polar surface area (TPSA) is 76.1 Å². The summed E-state index contributed by atoms with van der Waals surface area (Å²) in [4.78, 5) is 11.3. The molecule has 0 saturated carbocycles. The molecule has 0 aromatic carbocycles. The quantitative estimate of drug-likeness (QED) is 0.640. The van der Waals surface area contributed by atoms with E-state index in [-0.39, 0.29) is 5.91 Å². The summed E-state index contributed by atoms with van der Waals surface area (Å²) in [6.07, 6.45) is 2.00. The van der Waals surface area contributed by atoms with Crippen molar-refractivity contribution in [3.05, 3.63) is 18.3 Å². The maximum atomic E-state index is 11.3. The van der Waals surface area contributed by atoms with E-state index in [1.807, 2.05) is 0 Å². The average molecular weight is 224 g/mol. The van der Waals surface area contributed by atoms with Gasteiger partial charge in [0.05, 0.1) is 6.61 Å². The molecule has 0 aliphatic rings. The first kappa shape index (κ1) is 12.4. The van der Waals surface area contributed by atoms with Crippen LogP contribution in [-0.2, 0) is 9.53 Å². The number of nitrogens with one attached hydrogen (secondary N) is 2. The van der Waals surface area contributed by atoms with Crippen molar-refractivity contribution in [1.29, 1.82) is 0 Å². The molecule has 0 aliphatic carbocycles. The van der Waals surface area contributed by atoms with E-state index < -0.39 is 0 Å². The van der Waals surface area contributed by atoms with E-state index in [1.165, 1.54) is 0 Å². The number of methoxy groups -OCH3 is 1. The monoisotopic (exact) mass is 224 g/mol. The van der Waals surface area contributed by atoms with Gasteiger partial charge in [-0.05, 0) is 12.1 Å². The Morgan fingerprint density at radius 1 is 1.50 bits per heavy atom. The van der Waals surface area contributed by atoms with E-state index in [0.717, 1.165) is 0 Å². The number of carbonyl (C=O) groups excluding carboxylic acids is 1. The molecule has 0 aliphatic heterocycles. The molecule has 1 rings (SSSR count). The van der Waals surface area contributed by atoms with E-state index in [2.05, 4.69) is 20.8 Å². The van der Waals surface area contributed by atoms with Crippen molar-refractivity contribution in [3.8, 4) is 0 Å². The summed E-state index contributed by atoms with van der Waals surface area (Å²) in [5.41, 5.74) is 0. The van der Waals surface area contributed by atoms with Crippen LogP contribution in [0.2, 0.25) is 0 Å². The summed E-state index contributed by atoms with van der Waals surface area (Å²) in [7, 11) is 1.60. The van der Waals surface area contributed by atoms with Gasteiger partial charge in [-0.1, -0.05) is 0 Å². The third-order valence-corrected chi connectivity index (χ3v) is 1.86. The average Bonchev–Trinajstić information content (AvgIpc) is 2.31. The van der Waals surface area contributed by atoms with E-state index in [1.54, 1.807) is 25.4 Å². The van der Waals surface area contributed by atoms with Crippen LogP contribution in [-0.4, -0.2) is 42.9 Å². The summed E-state index contributed by atoms with van der Waals surface area (Å²) in [6, 6.07) is 3.59. The zero-order valence-corrected chi connectivity index (χ0v) is 9.27. The fourth-order valence-electron chi connectivity index (χ4n) is 1.08. The molecule has 0 saturated heterocycles. The summed E-state index contributed by atoms with van der Waals surface area (Å²) in [6.45, 7) is 1.61. The molecular weight excluding hydrogens is 208 g/mol. The number of anilines is 1. The number of hydrogen-bond donors (Lipinski definition) is 2. The highest BCUT2D eigenvalue weighted by atomic mass is 16.5. The van der Waals surface area contributed by atoms with Crippen molar-refractivity contribution in [3.63, 3.8) is 0 Å². The van der Waals surface area contributed by atoms with Crippen molar-refractivity contribution >= 4 is 11.7 Å². The molecule has 0 atom stereocenters. The van der Waals surface area contributed by atoms with Gasteiger partial charge in [-0.3, -0.25) is 4.79 Å². The van der Waals surface area contributed by atoms with Crippen LogP contribution in [0.4, 0.5) is 5.82 Å². The van der Waals surface area contributed by atoms with Crippen molar-refractivity contribution in [2.75, 3.05) is 32.1 Å². The Hall–Kier alpha value is -1.69. The molecule has 6 heteroatoms. The van der Waals surface area contributed by atoms with Crippen LogP contribution in [0, 0.1) is 0 Å². The number of carbonyl (C=O) groups is 1. The van der Waals surface area contributed by atoms with Gasteiger partial charge in [-0.15, -0.1) is 5.10 Å². The van der Waals surface area contributed by atoms with Crippen LogP contribution in [0.25, 0.3) is 0 Å². The number of amides is 1. The van der Waals surface area contributed by atoms with Crippen LogP contribution in [0.3, 0.4) is 0 Å². The van der Waals surface area contributed by atoms with Gasteiger partial charge in [-0.25, -0.2) is 0 Å². The second-order valence-corrected chi connectivity index (χ2v) is 3.13. The molecule has 1 aromatic rings. The van der Waals surface area contributed by atoms with Gasteiger partial charge in [0, 0.05) is 32.8 Å². The summed E-state index contributed by atoms with van der Waals surface area (Å²) in [5, 5.41) is 13.3. The number of hydrogen-bond acceptors (Lipinski definition) is 5. The van der Waals surface area contributed by atoms with Crippen molar-refractivity contribution in [2.24, 2.45) is 0 Å². The second kappa shape index (κ2) is 7.58. The minimum atomic E-state index is -0.00607. The Labute approximate surface area is 94.4 Å². The molecule has 0 unspecified atom stereocenters. The highest BCUT2D eigenvalue weighted by Gasteiger charge is 2.00. The Kier molecular flexibility index (Phi) is 5.87. The smallest absolute Gasteiger partial charge is 0.221 e. The Balaban J connectivity index is 2.09. The lowest BCUT2D eigenvalue weighted by atomic mass is 10.4. The maximum absolute atomic E-state index is 11.3. The number of ether oxygens (including phenoxy) is 1. The number of aromatic nitrogens is 2. The van der Waals surface area contributed by atoms with E-state index in [9.17, 15) is 4.79 Å². The molecular formula is C10H16N4O2. The van der Waals surface area contributed by atoms with Gasteiger partial charge in [-0.2, -0.15) is 5.10 Å². The van der Waals surface area contributed by atoms with Crippen LogP contribution < -0.4 is 10.6 Å². The molecule has 1 heterocycles. The first-order chi connectivity index (χ1) is 7.83. The van der Waals surface area contributed by atoms with Crippen molar-refractivity contribution < 1.29 is 9.53 Å². The van der Waals surface area contributed by atoms with Crippen LogP contribution in [0.1, 0.15) is 6.42 Å². The van der Waals surface area contributed by atoms with Gasteiger partial charge in [0.25, 0.3) is 0 Å². The number of rotatable bonds is 7. The predicted octanol–water partition coefficient (Wildman–Crippen LogP) is 0.0412. The largest absolute Gasteiger partial charge is 0.383 e. The Morgan fingerprint density at radius 2 is 2.38 bits per heavy atom. The summed E-state index contributed by atoms with van der Waals surface area (Å²) >= 11 is 0. The summed E-state index contributed by atoms with van der Waals surface area (Å²) in [5.74, 6) is 0.667. The van der Waals surface area contributed by atoms with Crippen LogP contribution in [0.15, 0.2) is 18.3 Å². The lowest BCUT2D eigenvalue weighted by Gasteiger charge is -2.05. The Bertz CT molecular complexity index is 305. The Morgan fingerprint density at radius 3 is 3.06 bits per heavy atom. The molecule has 0 fully saturated rings. The number of nitrogens with zero attached hydrogens (tertiary/aromatic N) is 2. The van der Waals surface area contributed by atoms with E-state index in [0.29, 0.717) is 31.9 Å². The molecule has 1 aromatic heterocycles. The van der Waals surface area contributed by atoms with Gasteiger partial charge >= 0.3 is 0 Å². The highest BCUT2D eigenvalue weighted by molar-refractivity contribution is 5.76. The zero-order chi connectivity index (χ0) is 11.6. The van der Waals surface area contributed by atoms with E-state index >= 15 is 0 Å². The van der Waals surface area contributed by atoms with Gasteiger partial charge < -0.3 is 15.4 Å². The third kappa shape index (κ3) is 5.26. The van der Waals surface area contributed by atoms with Gasteiger partial charge in [0.2, 0.25) is 5.91 Å². The predicted molar refractivity (Wildman–Crippen MR) is 60.0 cm³/mol. The maximum Gasteiger partial charge on any atom is 0.221 e. The summed E-state index contributed by atoms with van der Waals surface area (Å²) < 4.78 is 4.82. The molecule has 0 bridgehead atoms. The second-order valence-electron chi connectivity index (χ2n) is 3.13. The lowest BCUT2D eigenvalue weighted by molar-refractivity contribution is -0.121. The van der Waals surface area contributed by atoms with Crippen molar-refractivity contribution in [2.45, 2.75) is 6.42 Å². The first-order valence-electron chi connectivity index (χ1n) is 5.10. The molecule has 0 spiro atoms. The van der Waals surface area contributed by atoms with Gasteiger partial charge in [0.15, 0.2) is 0 Å². The fraction of sp³-hybridized carbons (Fsp3) is 0.500. The molecule has 16 heavy (non-hydrogen) atoms. The lowest BCUT2D eigenvalue weighted by Crippen LogP contribution is -2.28. The zero-order valence-electron chi connectivity index (χ0n) is 9.27. The van der Waals surface area contributed by atoms with Crippen molar-refractivity contribution in [1.82, 2.24) is 15.5 Å². The minimum absolute atomic E-state index is 0.00607. The molecule has 6 nitrogen and oxygen atoms in total. The minimum Gasteiger partial charge on any atom is -0.383 e. The molecule has 1 amide bonds. The van der Waals surface area contributed by atoms with Crippen LogP contribution >= 0.6 is 0 Å². The molecule has 88 valence electrons. The normalized spacial score (nSPS) is 9.81. The molecule has 0 radical (unpaired) electrons. The first-order valence-corrected chi connectivity index (χ1v) is 5.10. The fourth-order valence-corrected chi connectivity index (χ4v) is 1.08. The standard InChI is InChI=1S/C10H16N4O2/c1-16-8-7-12-10(15)4-6-11-9-3-2-5-13-14-9/h2-3,5H,4,6-8H2,1H3,(H,11,14)(H,12,15). The third-order valence-electron chi connectivity index (χ3n) is 1.86.